The molecule has 1 heterocycles. The van der Waals surface area contributed by atoms with Crippen molar-refractivity contribution in [3.63, 3.8) is 0 Å². The lowest BCUT2D eigenvalue weighted by Gasteiger charge is -2.05. The summed E-state index contributed by atoms with van der Waals surface area (Å²) >= 11 is 1.45. The van der Waals surface area contributed by atoms with Crippen LogP contribution in [0.1, 0.15) is 14.5 Å². The molecule has 0 aliphatic rings. The number of thiophene rings is 1. The minimum atomic E-state index is -0.0790. The molecule has 3 heteroatoms. The highest BCUT2D eigenvalue weighted by Gasteiger charge is 2.08. The monoisotopic (exact) mass is 266 g/mol. The third-order valence-electron chi connectivity index (χ3n) is 2.90. The van der Waals surface area contributed by atoms with E-state index in [-0.39, 0.29) is 5.91 Å². The average molecular weight is 266 g/mol. The smallest absolute Gasteiger partial charge is 0.265 e. The summed E-state index contributed by atoms with van der Waals surface area (Å²) in [5.74, 6) is -0.0790. The average Bonchev–Trinajstić information content (AvgIpc) is 2.85. The maximum absolute atomic E-state index is 12.0. The zero-order chi connectivity index (χ0) is 13.2. The summed E-state index contributed by atoms with van der Waals surface area (Å²) in [6.45, 7) is 1.94. The lowest BCUT2D eigenvalue weighted by atomic mass is 10.1. The van der Waals surface area contributed by atoms with E-state index in [1.807, 2.05) is 43.3 Å². The van der Waals surface area contributed by atoms with Crippen LogP contribution in [0.4, 0.5) is 5.69 Å². The van der Waals surface area contributed by atoms with Crippen molar-refractivity contribution in [2.45, 2.75) is 6.92 Å². The van der Waals surface area contributed by atoms with Crippen LogP contribution in [0.15, 0.2) is 48.5 Å². The van der Waals surface area contributed by atoms with Crippen molar-refractivity contribution in [3.8, 4) is 0 Å². The molecular weight excluding hydrogens is 254 g/mol. The molecule has 1 N–H and O–H groups in total. The number of carbonyl (C=O) groups excluding carboxylic acids is 1. The van der Waals surface area contributed by atoms with E-state index in [0.717, 1.165) is 16.0 Å². The summed E-state index contributed by atoms with van der Waals surface area (Å²) in [6.07, 6.45) is 0. The molecule has 1 aromatic heterocycles. The first-order valence-corrected chi connectivity index (χ1v) is 6.82. The van der Waals surface area contributed by atoms with Crippen molar-refractivity contribution >= 4 is 33.7 Å². The van der Waals surface area contributed by atoms with Crippen molar-refractivity contribution in [1.82, 2.24) is 0 Å². The van der Waals surface area contributed by atoms with E-state index in [4.69, 9.17) is 0 Å². The highest BCUT2D eigenvalue weighted by molar-refractivity contribution is 7.14. The molecule has 93 valence electrons. The van der Waals surface area contributed by atoms with Crippen LogP contribution in [0.25, 0.3) is 10.8 Å². The Bertz CT molecular complexity index is 745. The van der Waals surface area contributed by atoms with E-state index in [2.05, 4.69) is 17.4 Å². The predicted octanol–water partition coefficient (Wildman–Crippen LogP) is 4.26. The van der Waals surface area contributed by atoms with E-state index in [1.165, 1.54) is 16.7 Å². The molecule has 0 fully saturated rings. The summed E-state index contributed by atoms with van der Waals surface area (Å²) < 4.78 is 0. The van der Waals surface area contributed by atoms with Crippen LogP contribution in [0.3, 0.4) is 0 Å². The molecule has 3 rings (SSSR count). The van der Waals surface area contributed by atoms with Crippen LogP contribution in [-0.2, 0) is 0 Å². The third-order valence-corrected chi connectivity index (χ3v) is 3.85. The lowest BCUT2D eigenvalue weighted by Crippen LogP contribution is -2.09. The minimum Gasteiger partial charge on any atom is -0.321 e. The number of aryl methyl sites for hydroxylation is 1. The molecule has 0 saturated heterocycles. The Balaban J connectivity index is 1.87. The van der Waals surface area contributed by atoms with Gasteiger partial charge < -0.3 is 5.32 Å². The first kappa shape index (κ1) is 11.9. The van der Waals surface area contributed by atoms with Crippen molar-refractivity contribution in [2.24, 2.45) is 0 Å². The lowest BCUT2D eigenvalue weighted by molar-refractivity contribution is 0.103. The van der Waals surface area contributed by atoms with Crippen molar-refractivity contribution in [3.05, 3.63) is 64.4 Å². The number of anilines is 1. The summed E-state index contributed by atoms with van der Waals surface area (Å²) in [6, 6.07) is 18.8. The summed E-state index contributed by atoms with van der Waals surface area (Å²) in [5.41, 5.74) is 0.815. The van der Waals surface area contributed by atoms with Crippen LogP contribution in [0.2, 0.25) is 0 Å². The molecule has 1 radical (unpaired) electrons. The Morgan fingerprint density at radius 3 is 2.68 bits per heavy atom. The molecule has 0 aliphatic heterocycles. The Morgan fingerprint density at radius 1 is 1.16 bits per heavy atom. The van der Waals surface area contributed by atoms with E-state index in [0.29, 0.717) is 4.88 Å². The largest absolute Gasteiger partial charge is 0.321 e. The zero-order valence-electron chi connectivity index (χ0n) is 10.4. The van der Waals surface area contributed by atoms with Gasteiger partial charge in [0.25, 0.3) is 5.91 Å². The number of hydrogen-bond donors (Lipinski definition) is 1. The van der Waals surface area contributed by atoms with Gasteiger partial charge in [0.1, 0.15) is 0 Å². The molecule has 19 heavy (non-hydrogen) atoms. The van der Waals surface area contributed by atoms with Crippen LogP contribution in [0.5, 0.6) is 0 Å². The van der Waals surface area contributed by atoms with Gasteiger partial charge in [-0.05, 0) is 42.0 Å². The zero-order valence-corrected chi connectivity index (χ0v) is 11.3. The Kier molecular flexibility index (Phi) is 3.05. The number of fused-ring (bicyclic) bond motifs is 1. The minimum absolute atomic E-state index is 0.0790. The van der Waals surface area contributed by atoms with Gasteiger partial charge in [-0.1, -0.05) is 30.3 Å². The first-order valence-electron chi connectivity index (χ1n) is 6.01. The van der Waals surface area contributed by atoms with Gasteiger partial charge in [0, 0.05) is 10.6 Å². The van der Waals surface area contributed by atoms with E-state index in [9.17, 15) is 4.79 Å². The van der Waals surface area contributed by atoms with Gasteiger partial charge in [-0.25, -0.2) is 0 Å². The molecule has 0 saturated carbocycles. The van der Waals surface area contributed by atoms with Crippen LogP contribution >= 0.6 is 11.3 Å². The van der Waals surface area contributed by atoms with Gasteiger partial charge in [-0.15, -0.1) is 11.3 Å². The number of amides is 1. The van der Waals surface area contributed by atoms with E-state index < -0.39 is 0 Å². The van der Waals surface area contributed by atoms with Crippen LogP contribution in [0, 0.1) is 13.0 Å². The highest BCUT2D eigenvalue weighted by atomic mass is 32.1. The number of nitrogens with one attached hydrogen (secondary N) is 1. The molecule has 3 aromatic rings. The Morgan fingerprint density at radius 2 is 1.95 bits per heavy atom. The topological polar surface area (TPSA) is 29.1 Å². The second-order valence-corrected chi connectivity index (χ2v) is 5.58. The quantitative estimate of drug-likeness (QED) is 0.737. The fourth-order valence-electron chi connectivity index (χ4n) is 1.96. The molecule has 0 atom stereocenters. The molecule has 0 spiro atoms. The second-order valence-electron chi connectivity index (χ2n) is 4.33. The Hall–Kier alpha value is -2.13. The van der Waals surface area contributed by atoms with Crippen LogP contribution < -0.4 is 5.32 Å². The number of rotatable bonds is 2. The molecular formula is C16H12NOS. The first-order chi connectivity index (χ1) is 9.22. The second kappa shape index (κ2) is 4.86. The molecule has 2 nitrogen and oxygen atoms in total. The molecule has 1 amide bonds. The van der Waals surface area contributed by atoms with Gasteiger partial charge in [-0.3, -0.25) is 4.79 Å². The SMILES string of the molecule is Cc1[c]cc(C(=O)Nc2ccc3ccccc3c2)s1. The number of carbonyl (C=O) groups is 1. The normalized spacial score (nSPS) is 10.6. The number of benzene rings is 2. The molecule has 0 unspecified atom stereocenters. The maximum atomic E-state index is 12.0. The molecule has 0 aliphatic carbocycles. The van der Waals surface area contributed by atoms with Crippen molar-refractivity contribution in [2.75, 3.05) is 5.32 Å². The predicted molar refractivity (Wildman–Crippen MR) is 79.8 cm³/mol. The van der Waals surface area contributed by atoms with Gasteiger partial charge in [0.05, 0.1) is 4.88 Å². The summed E-state index contributed by atoms with van der Waals surface area (Å²) in [5, 5.41) is 5.20. The number of hydrogen-bond acceptors (Lipinski definition) is 2. The molecule has 2 aromatic carbocycles. The standard InChI is InChI=1S/C16H12NOS/c1-11-6-9-15(19-11)16(18)17-14-8-7-12-4-2-3-5-13(12)10-14/h2-5,7-10H,1H3,(H,17,18). The fourth-order valence-corrected chi connectivity index (χ4v) is 2.67. The van der Waals surface area contributed by atoms with Gasteiger partial charge in [0.15, 0.2) is 0 Å². The van der Waals surface area contributed by atoms with Crippen LogP contribution in [-0.4, -0.2) is 5.91 Å². The Labute approximate surface area is 115 Å². The van der Waals surface area contributed by atoms with Gasteiger partial charge in [0.2, 0.25) is 0 Å². The highest BCUT2D eigenvalue weighted by Crippen LogP contribution is 2.21. The van der Waals surface area contributed by atoms with Crippen molar-refractivity contribution < 1.29 is 4.79 Å². The van der Waals surface area contributed by atoms with Gasteiger partial charge >= 0.3 is 0 Å². The maximum Gasteiger partial charge on any atom is 0.265 e. The summed E-state index contributed by atoms with van der Waals surface area (Å²) in [4.78, 5) is 13.7. The fraction of sp³-hybridized carbons (Fsp3) is 0.0625. The van der Waals surface area contributed by atoms with E-state index >= 15 is 0 Å². The summed E-state index contributed by atoms with van der Waals surface area (Å²) in [7, 11) is 0. The third kappa shape index (κ3) is 2.51. The van der Waals surface area contributed by atoms with Crippen molar-refractivity contribution in [1.29, 1.82) is 0 Å². The van der Waals surface area contributed by atoms with Gasteiger partial charge in [-0.2, -0.15) is 0 Å². The van der Waals surface area contributed by atoms with E-state index in [1.54, 1.807) is 6.07 Å². The molecule has 0 bridgehead atoms.